The van der Waals surface area contributed by atoms with Crippen LogP contribution in [-0.4, -0.2) is 12.7 Å². The van der Waals surface area contributed by atoms with Crippen molar-refractivity contribution in [3.63, 3.8) is 0 Å². The maximum absolute atomic E-state index is 14.9. The molecule has 1 nitrogen and oxygen atoms in total. The molecule has 46 heavy (non-hydrogen) atoms. The maximum Gasteiger partial charge on any atom is 0.194 e. The maximum atomic E-state index is 14.9. The molecular formula is C39H44F6O. The van der Waals surface area contributed by atoms with Crippen molar-refractivity contribution in [3.05, 3.63) is 113 Å². The summed E-state index contributed by atoms with van der Waals surface area (Å²) in [5, 5.41) is 0. The molecule has 0 radical (unpaired) electrons. The Hall–Kier alpha value is -3.06. The van der Waals surface area contributed by atoms with E-state index in [1.807, 2.05) is 0 Å². The number of benzene rings is 2. The van der Waals surface area contributed by atoms with Crippen LogP contribution >= 0.6 is 0 Å². The van der Waals surface area contributed by atoms with Gasteiger partial charge in [-0.15, -0.1) is 6.58 Å². The number of hydrogen-bond acceptors (Lipinski definition) is 1. The third-order valence-corrected chi connectivity index (χ3v) is 10.1. The number of rotatable bonds is 10. The van der Waals surface area contributed by atoms with Gasteiger partial charge in [0, 0.05) is 17.9 Å². The molecule has 1 aliphatic heterocycles. The molecule has 0 bridgehead atoms. The first-order valence-corrected chi connectivity index (χ1v) is 16.8. The Labute approximate surface area is 269 Å². The Morgan fingerprint density at radius 3 is 1.80 bits per heavy atom. The molecule has 1 heterocycles. The zero-order valence-corrected chi connectivity index (χ0v) is 26.3. The highest BCUT2D eigenvalue weighted by Gasteiger charge is 2.26. The van der Waals surface area contributed by atoms with Crippen molar-refractivity contribution in [2.24, 2.45) is 17.8 Å². The van der Waals surface area contributed by atoms with Crippen LogP contribution in [0.25, 0.3) is 5.83 Å². The van der Waals surface area contributed by atoms with Gasteiger partial charge in [0.25, 0.3) is 0 Å². The first-order valence-electron chi connectivity index (χ1n) is 16.8. The second-order valence-corrected chi connectivity index (χ2v) is 13.3. The summed E-state index contributed by atoms with van der Waals surface area (Å²) >= 11 is 0. The SMILES string of the molecule is C=CCCC(F)=C(F)c1ccc(C2CCC(C=CC3CCC(C=CC4CCC(c5cc(F)c(F)c(F)c5)CC4)CC3)OC2)c(F)c1. The Balaban J connectivity index is 1.02. The van der Waals surface area contributed by atoms with Crippen LogP contribution < -0.4 is 0 Å². The van der Waals surface area contributed by atoms with Gasteiger partial charge in [0.05, 0.1) is 12.7 Å². The van der Waals surface area contributed by atoms with Gasteiger partial charge in [-0.25, -0.2) is 26.3 Å². The predicted molar refractivity (Wildman–Crippen MR) is 171 cm³/mol. The lowest BCUT2D eigenvalue weighted by Crippen LogP contribution is -2.24. The normalized spacial score (nSPS) is 28.0. The Bertz CT molecular complexity index is 1400. The minimum absolute atomic E-state index is 0.00596. The van der Waals surface area contributed by atoms with Gasteiger partial charge in [-0.05, 0) is 124 Å². The van der Waals surface area contributed by atoms with Gasteiger partial charge >= 0.3 is 0 Å². The zero-order chi connectivity index (χ0) is 32.6. The van der Waals surface area contributed by atoms with Crippen molar-refractivity contribution in [1.82, 2.24) is 0 Å². The summed E-state index contributed by atoms with van der Waals surface area (Å²) in [4.78, 5) is 0. The van der Waals surface area contributed by atoms with Crippen LogP contribution in [0.2, 0.25) is 0 Å². The van der Waals surface area contributed by atoms with Crippen molar-refractivity contribution in [1.29, 1.82) is 0 Å². The van der Waals surface area contributed by atoms with E-state index in [-0.39, 0.29) is 29.9 Å². The van der Waals surface area contributed by atoms with E-state index in [9.17, 15) is 26.3 Å². The number of ether oxygens (including phenoxy) is 1. The van der Waals surface area contributed by atoms with Crippen LogP contribution in [-0.2, 0) is 4.74 Å². The molecule has 2 aliphatic carbocycles. The fourth-order valence-electron chi connectivity index (χ4n) is 7.24. The molecule has 248 valence electrons. The summed E-state index contributed by atoms with van der Waals surface area (Å²) in [6, 6.07) is 6.34. The van der Waals surface area contributed by atoms with Gasteiger partial charge < -0.3 is 4.74 Å². The fourth-order valence-corrected chi connectivity index (χ4v) is 7.24. The molecular weight excluding hydrogens is 598 g/mol. The smallest absolute Gasteiger partial charge is 0.194 e. The molecule has 5 rings (SSSR count). The third-order valence-electron chi connectivity index (χ3n) is 10.1. The lowest BCUT2D eigenvalue weighted by atomic mass is 9.77. The van der Waals surface area contributed by atoms with E-state index in [1.165, 1.54) is 12.1 Å². The zero-order valence-electron chi connectivity index (χ0n) is 26.3. The molecule has 2 aromatic carbocycles. The summed E-state index contributed by atoms with van der Waals surface area (Å²) in [7, 11) is 0. The Kier molecular flexibility index (Phi) is 12.0. The number of allylic oxidation sites excluding steroid dienone is 5. The molecule has 0 amide bonds. The average molecular weight is 643 g/mol. The number of halogens is 6. The van der Waals surface area contributed by atoms with E-state index in [4.69, 9.17) is 4.74 Å². The van der Waals surface area contributed by atoms with Gasteiger partial charge in [0.1, 0.15) is 11.6 Å². The van der Waals surface area contributed by atoms with Crippen LogP contribution in [0.15, 0.2) is 73.1 Å². The van der Waals surface area contributed by atoms with Gasteiger partial charge in [-0.3, -0.25) is 0 Å². The van der Waals surface area contributed by atoms with E-state index in [0.29, 0.717) is 41.9 Å². The molecule has 2 saturated carbocycles. The van der Waals surface area contributed by atoms with Crippen molar-refractivity contribution < 1.29 is 31.1 Å². The highest BCUT2D eigenvalue weighted by atomic mass is 19.2. The van der Waals surface area contributed by atoms with E-state index in [2.05, 4.69) is 30.9 Å². The summed E-state index contributed by atoms with van der Waals surface area (Å²) < 4.78 is 89.9. The summed E-state index contributed by atoms with van der Waals surface area (Å²) in [6.45, 7) is 3.89. The molecule has 0 spiro atoms. The largest absolute Gasteiger partial charge is 0.374 e. The molecule has 2 aromatic rings. The highest BCUT2D eigenvalue weighted by molar-refractivity contribution is 5.61. The van der Waals surface area contributed by atoms with Gasteiger partial charge in [0.15, 0.2) is 23.3 Å². The lowest BCUT2D eigenvalue weighted by molar-refractivity contribution is 0.0315. The van der Waals surface area contributed by atoms with Crippen molar-refractivity contribution in [3.8, 4) is 0 Å². The van der Waals surface area contributed by atoms with E-state index in [1.54, 1.807) is 6.07 Å². The van der Waals surface area contributed by atoms with Gasteiger partial charge in [-0.1, -0.05) is 42.5 Å². The fraction of sp³-hybridized carbons (Fsp3) is 0.487. The second kappa shape index (κ2) is 16.2. The second-order valence-electron chi connectivity index (χ2n) is 13.3. The standard InChI is InChI=1S/C39H44F6O/c1-2-3-4-34(40)38(44)29-17-20-33(35(41)21-29)30-16-19-32(46-24-30)18-13-26-8-5-25(6-9-26)7-10-27-11-14-28(15-12-27)31-22-36(42)39(45)37(43)23-31/h2,7,10,13,17-18,20-23,25-28,30,32H,1,3-6,8-9,11-12,14-16,19,24H2. The molecule has 0 N–H and O–H groups in total. The molecule has 1 saturated heterocycles. The van der Waals surface area contributed by atoms with Crippen LogP contribution in [0.4, 0.5) is 26.3 Å². The first kappa shape index (κ1) is 34.3. The third kappa shape index (κ3) is 8.84. The van der Waals surface area contributed by atoms with E-state index >= 15 is 0 Å². The minimum Gasteiger partial charge on any atom is -0.374 e. The summed E-state index contributed by atoms with van der Waals surface area (Å²) in [5.74, 6) is -4.60. The Morgan fingerprint density at radius 1 is 0.696 bits per heavy atom. The minimum atomic E-state index is -1.40. The van der Waals surface area contributed by atoms with Crippen LogP contribution in [0.5, 0.6) is 0 Å². The molecule has 7 heteroatoms. The quantitative estimate of drug-likeness (QED) is 0.142. The van der Waals surface area contributed by atoms with Crippen LogP contribution in [0, 0.1) is 41.0 Å². The predicted octanol–water partition coefficient (Wildman–Crippen LogP) is 12.0. The highest BCUT2D eigenvalue weighted by Crippen LogP contribution is 2.39. The molecule has 3 aliphatic rings. The molecule has 2 atom stereocenters. The van der Waals surface area contributed by atoms with Crippen LogP contribution in [0.3, 0.4) is 0 Å². The van der Waals surface area contributed by atoms with Crippen LogP contribution in [0.1, 0.15) is 106 Å². The van der Waals surface area contributed by atoms with E-state index in [0.717, 1.165) is 82.4 Å². The Morgan fingerprint density at radius 2 is 1.26 bits per heavy atom. The van der Waals surface area contributed by atoms with Crippen molar-refractivity contribution in [2.75, 3.05) is 6.61 Å². The summed E-state index contributed by atoms with van der Waals surface area (Å²) in [5.41, 5.74) is 0.945. The monoisotopic (exact) mass is 642 g/mol. The van der Waals surface area contributed by atoms with Gasteiger partial charge in [0.2, 0.25) is 0 Å². The average Bonchev–Trinajstić information content (AvgIpc) is 3.08. The van der Waals surface area contributed by atoms with E-state index < -0.39 is 34.9 Å². The first-order chi connectivity index (χ1) is 22.2. The number of hydrogen-bond donors (Lipinski definition) is 0. The molecule has 3 fully saturated rings. The summed E-state index contributed by atoms with van der Waals surface area (Å²) in [6.07, 6.45) is 20.5. The topological polar surface area (TPSA) is 9.23 Å². The van der Waals surface area contributed by atoms with Crippen molar-refractivity contribution >= 4 is 5.83 Å². The van der Waals surface area contributed by atoms with Crippen molar-refractivity contribution in [2.45, 2.75) is 95.0 Å². The lowest BCUT2D eigenvalue weighted by Gasteiger charge is -2.29. The molecule has 2 unspecified atom stereocenters. The van der Waals surface area contributed by atoms with Gasteiger partial charge in [-0.2, -0.15) is 0 Å². The molecule has 0 aromatic heterocycles.